The zero-order valence-corrected chi connectivity index (χ0v) is 17.2. The van der Waals surface area contributed by atoms with Crippen molar-refractivity contribution in [3.63, 3.8) is 0 Å². The van der Waals surface area contributed by atoms with Crippen LogP contribution in [0, 0.1) is 0 Å². The first-order valence-electron chi connectivity index (χ1n) is 9.22. The molecule has 7 heteroatoms. The summed E-state index contributed by atoms with van der Waals surface area (Å²) >= 11 is 3.48. The molecule has 1 saturated heterocycles. The van der Waals surface area contributed by atoms with Crippen molar-refractivity contribution in [1.82, 2.24) is 14.5 Å². The molecule has 1 atom stereocenters. The average Bonchev–Trinajstić information content (AvgIpc) is 2.97. The molecule has 1 fully saturated rings. The maximum Gasteiger partial charge on any atom is 0.255 e. The van der Waals surface area contributed by atoms with Crippen LogP contribution in [0.5, 0.6) is 0 Å². The molecule has 0 bridgehead atoms. The van der Waals surface area contributed by atoms with Crippen LogP contribution in [0.1, 0.15) is 18.1 Å². The lowest BCUT2D eigenvalue weighted by Crippen LogP contribution is -2.34. The van der Waals surface area contributed by atoms with Crippen molar-refractivity contribution in [3.8, 4) is 11.3 Å². The van der Waals surface area contributed by atoms with E-state index in [0.29, 0.717) is 24.8 Å². The second-order valence-electron chi connectivity index (χ2n) is 6.79. The highest BCUT2D eigenvalue weighted by atomic mass is 79.9. The molecule has 0 radical (unpaired) electrons. The molecule has 0 unspecified atom stereocenters. The number of anilines is 1. The highest BCUT2D eigenvalue weighted by Crippen LogP contribution is 2.26. The molecule has 0 saturated carbocycles. The van der Waals surface area contributed by atoms with Crippen molar-refractivity contribution in [3.05, 3.63) is 75.2 Å². The van der Waals surface area contributed by atoms with Crippen LogP contribution in [0.4, 0.5) is 5.95 Å². The van der Waals surface area contributed by atoms with Gasteiger partial charge in [0.25, 0.3) is 5.56 Å². The molecule has 1 aliphatic heterocycles. The van der Waals surface area contributed by atoms with Gasteiger partial charge in [-0.25, -0.2) is 4.98 Å². The normalized spacial score (nSPS) is 17.4. The van der Waals surface area contributed by atoms with Gasteiger partial charge in [0, 0.05) is 48.7 Å². The summed E-state index contributed by atoms with van der Waals surface area (Å²) in [4.78, 5) is 23.6. The Bertz CT molecular complexity index is 1010. The van der Waals surface area contributed by atoms with Crippen LogP contribution < -0.4 is 10.5 Å². The van der Waals surface area contributed by atoms with Gasteiger partial charge in [-0.2, -0.15) is 0 Å². The van der Waals surface area contributed by atoms with E-state index in [9.17, 15) is 4.79 Å². The maximum absolute atomic E-state index is 12.6. The zero-order chi connectivity index (χ0) is 19.5. The third kappa shape index (κ3) is 4.00. The Balaban J connectivity index is 1.69. The van der Waals surface area contributed by atoms with Crippen molar-refractivity contribution in [2.24, 2.45) is 7.05 Å². The molecule has 6 nitrogen and oxygen atoms in total. The molecule has 4 rings (SSSR count). The summed E-state index contributed by atoms with van der Waals surface area (Å²) in [7, 11) is 1.77. The van der Waals surface area contributed by atoms with Crippen LogP contribution in [0.2, 0.25) is 0 Å². The summed E-state index contributed by atoms with van der Waals surface area (Å²) in [6, 6.07) is 13.5. The molecular formula is C21H21BrN4O2. The molecular weight excluding hydrogens is 420 g/mol. The molecule has 0 spiro atoms. The van der Waals surface area contributed by atoms with E-state index in [4.69, 9.17) is 9.72 Å². The summed E-state index contributed by atoms with van der Waals surface area (Å²) in [5.74, 6) is 0.659. The smallest absolute Gasteiger partial charge is 0.255 e. The SMILES string of the molecule is Cn1c(N2CCCO[C@@H](c3ccc(Br)cc3)C2)nc(-c2ccncc2)cc1=O. The minimum absolute atomic E-state index is 0.0721. The summed E-state index contributed by atoms with van der Waals surface area (Å²) in [5, 5.41) is 0. The Morgan fingerprint density at radius 1 is 1.14 bits per heavy atom. The van der Waals surface area contributed by atoms with Crippen LogP contribution in [-0.4, -0.2) is 34.2 Å². The van der Waals surface area contributed by atoms with Gasteiger partial charge in [-0.3, -0.25) is 14.3 Å². The van der Waals surface area contributed by atoms with Gasteiger partial charge in [0.2, 0.25) is 5.95 Å². The molecule has 2 aromatic heterocycles. The first kappa shape index (κ1) is 18.8. The van der Waals surface area contributed by atoms with Gasteiger partial charge in [0.05, 0.1) is 12.2 Å². The van der Waals surface area contributed by atoms with Gasteiger partial charge >= 0.3 is 0 Å². The van der Waals surface area contributed by atoms with E-state index < -0.39 is 0 Å². The lowest BCUT2D eigenvalue weighted by molar-refractivity contribution is 0.0685. The van der Waals surface area contributed by atoms with Crippen molar-refractivity contribution >= 4 is 21.9 Å². The van der Waals surface area contributed by atoms with Crippen LogP contribution in [-0.2, 0) is 11.8 Å². The monoisotopic (exact) mass is 440 g/mol. The highest BCUT2D eigenvalue weighted by molar-refractivity contribution is 9.10. The van der Waals surface area contributed by atoms with Gasteiger partial charge in [-0.15, -0.1) is 0 Å². The van der Waals surface area contributed by atoms with Crippen molar-refractivity contribution in [1.29, 1.82) is 0 Å². The number of hydrogen-bond acceptors (Lipinski definition) is 5. The van der Waals surface area contributed by atoms with Crippen LogP contribution in [0.3, 0.4) is 0 Å². The Morgan fingerprint density at radius 3 is 2.64 bits per heavy atom. The van der Waals surface area contributed by atoms with Crippen molar-refractivity contribution < 1.29 is 4.74 Å². The van der Waals surface area contributed by atoms with E-state index in [-0.39, 0.29) is 11.7 Å². The predicted molar refractivity (Wildman–Crippen MR) is 112 cm³/mol. The van der Waals surface area contributed by atoms with Gasteiger partial charge < -0.3 is 9.64 Å². The zero-order valence-electron chi connectivity index (χ0n) is 15.6. The number of rotatable bonds is 3. The quantitative estimate of drug-likeness (QED) is 0.622. The summed E-state index contributed by atoms with van der Waals surface area (Å²) in [6.07, 6.45) is 4.22. The Kier molecular flexibility index (Phi) is 5.54. The molecule has 0 aliphatic carbocycles. The Labute approximate surface area is 172 Å². The molecule has 0 N–H and O–H groups in total. The largest absolute Gasteiger partial charge is 0.372 e. The van der Waals surface area contributed by atoms with Crippen molar-refractivity contribution in [2.45, 2.75) is 12.5 Å². The topological polar surface area (TPSA) is 60.2 Å². The lowest BCUT2D eigenvalue weighted by atomic mass is 10.1. The molecule has 3 heterocycles. The first-order chi connectivity index (χ1) is 13.6. The standard InChI is InChI=1S/C21H21BrN4O2/c1-25-20(27)13-18(15-7-9-23-10-8-15)24-21(25)26-11-2-12-28-19(14-26)16-3-5-17(22)6-4-16/h3-10,13,19H,2,11-12,14H2,1H3/t19-/m1/s1. The third-order valence-electron chi connectivity index (χ3n) is 4.89. The highest BCUT2D eigenvalue weighted by Gasteiger charge is 2.23. The van der Waals surface area contributed by atoms with Gasteiger partial charge in [-0.05, 0) is 36.2 Å². The van der Waals surface area contributed by atoms with Crippen LogP contribution in [0.25, 0.3) is 11.3 Å². The van der Waals surface area contributed by atoms with Gasteiger partial charge in [-0.1, -0.05) is 28.1 Å². The molecule has 144 valence electrons. The molecule has 0 amide bonds. The number of aromatic nitrogens is 3. The average molecular weight is 441 g/mol. The minimum atomic E-state index is -0.0813. The maximum atomic E-state index is 12.6. The second-order valence-corrected chi connectivity index (χ2v) is 7.70. The van der Waals surface area contributed by atoms with Crippen molar-refractivity contribution in [2.75, 3.05) is 24.6 Å². The van der Waals surface area contributed by atoms with E-state index in [1.807, 2.05) is 24.3 Å². The van der Waals surface area contributed by atoms with Crippen LogP contribution in [0.15, 0.2) is 64.1 Å². The van der Waals surface area contributed by atoms with Gasteiger partial charge in [0.15, 0.2) is 0 Å². The number of ether oxygens (including phenoxy) is 1. The first-order valence-corrected chi connectivity index (χ1v) is 10.0. The fourth-order valence-electron chi connectivity index (χ4n) is 3.37. The second kappa shape index (κ2) is 8.24. The minimum Gasteiger partial charge on any atom is -0.372 e. The summed E-state index contributed by atoms with van der Waals surface area (Å²) < 4.78 is 8.73. The number of halogens is 1. The van der Waals surface area contributed by atoms with E-state index in [1.54, 1.807) is 30.1 Å². The summed E-state index contributed by atoms with van der Waals surface area (Å²) in [6.45, 7) is 2.10. The Morgan fingerprint density at radius 2 is 1.89 bits per heavy atom. The molecule has 1 aromatic carbocycles. The van der Waals surface area contributed by atoms with E-state index in [2.05, 4.69) is 37.9 Å². The van der Waals surface area contributed by atoms with Crippen LogP contribution >= 0.6 is 15.9 Å². The predicted octanol–water partition coefficient (Wildman–Crippen LogP) is 3.57. The lowest BCUT2D eigenvalue weighted by Gasteiger charge is -2.26. The van der Waals surface area contributed by atoms with E-state index in [1.165, 1.54) is 0 Å². The van der Waals surface area contributed by atoms with E-state index >= 15 is 0 Å². The Hall–Kier alpha value is -2.51. The third-order valence-corrected chi connectivity index (χ3v) is 5.42. The molecule has 1 aliphatic rings. The fourth-order valence-corrected chi connectivity index (χ4v) is 3.63. The summed E-state index contributed by atoms with van der Waals surface area (Å²) in [5.41, 5.74) is 2.57. The van der Waals surface area contributed by atoms with Gasteiger partial charge in [0.1, 0.15) is 6.10 Å². The fraction of sp³-hybridized carbons (Fsp3) is 0.286. The molecule has 28 heavy (non-hydrogen) atoms. The number of hydrogen-bond donors (Lipinski definition) is 0. The van der Waals surface area contributed by atoms with E-state index in [0.717, 1.165) is 28.6 Å². The molecule has 3 aromatic rings. The number of benzene rings is 1. The number of pyridine rings is 1. The number of nitrogens with zero attached hydrogens (tertiary/aromatic N) is 4.